The van der Waals surface area contributed by atoms with Crippen molar-refractivity contribution < 1.29 is 0 Å². The lowest BCUT2D eigenvalue weighted by Gasteiger charge is -2.16. The first-order valence-electron chi connectivity index (χ1n) is 8.82. The first-order chi connectivity index (χ1) is 12.5. The van der Waals surface area contributed by atoms with Crippen LogP contribution >= 0.6 is 0 Å². The fourth-order valence-electron chi connectivity index (χ4n) is 3.19. The number of rotatable bonds is 9. The predicted octanol–water partition coefficient (Wildman–Crippen LogP) is 6.07. The van der Waals surface area contributed by atoms with Gasteiger partial charge in [0.05, 0.1) is 0 Å². The molecule has 0 saturated carbocycles. The van der Waals surface area contributed by atoms with Gasteiger partial charge in [-0.25, -0.2) is 0 Å². The summed E-state index contributed by atoms with van der Waals surface area (Å²) in [5, 5.41) is 0. The second-order valence-electron chi connectivity index (χ2n) is 6.39. The van der Waals surface area contributed by atoms with E-state index in [1.807, 2.05) is 24.3 Å². The predicted molar refractivity (Wildman–Crippen MR) is 123 cm³/mol. The zero-order valence-electron chi connectivity index (χ0n) is 15.4. The van der Waals surface area contributed by atoms with Gasteiger partial charge in [-0.05, 0) is 83.3 Å². The molecule has 0 aliphatic carbocycles. The molecule has 0 spiro atoms. The van der Waals surface area contributed by atoms with Gasteiger partial charge in [-0.15, -0.1) is 26.3 Å². The Labute approximate surface area is 164 Å². The maximum atomic E-state index is 6.34. The molecule has 2 rings (SSSR count). The highest BCUT2D eigenvalue weighted by Crippen LogP contribution is 2.32. The third-order valence-corrected chi connectivity index (χ3v) is 4.49. The first kappa shape index (κ1) is 22.0. The molecule has 0 aliphatic rings. The Bertz CT molecular complexity index is 710. The van der Waals surface area contributed by atoms with E-state index in [1.54, 1.807) is 0 Å². The topological polar surface area (TPSA) is 52.0 Å². The summed E-state index contributed by atoms with van der Waals surface area (Å²) in [5.41, 5.74) is 20.9. The van der Waals surface area contributed by atoms with Gasteiger partial charge in [0.1, 0.15) is 0 Å². The number of allylic oxidation sites excluding steroid dienone is 4. The third-order valence-electron chi connectivity index (χ3n) is 4.49. The van der Waals surface area contributed by atoms with Crippen LogP contribution < -0.4 is 11.5 Å². The molecule has 0 unspecified atom stereocenters. The molecular formula is C25H32N2. The van der Waals surface area contributed by atoms with Crippen LogP contribution in [0.3, 0.4) is 0 Å². The lowest BCUT2D eigenvalue weighted by molar-refractivity contribution is 1.20. The van der Waals surface area contributed by atoms with Gasteiger partial charge in [0, 0.05) is 11.4 Å². The van der Waals surface area contributed by atoms with Crippen LogP contribution in [-0.4, -0.2) is 0 Å². The minimum Gasteiger partial charge on any atom is -0.398 e. The molecule has 0 aromatic heterocycles. The monoisotopic (exact) mass is 360 g/mol. The summed E-state index contributed by atoms with van der Waals surface area (Å²) < 4.78 is 0. The molecule has 0 aliphatic heterocycles. The van der Waals surface area contributed by atoms with Crippen LogP contribution in [0.5, 0.6) is 0 Å². The van der Waals surface area contributed by atoms with Crippen LogP contribution in [0.25, 0.3) is 11.1 Å². The molecule has 2 heteroatoms. The van der Waals surface area contributed by atoms with Gasteiger partial charge in [0.2, 0.25) is 0 Å². The number of benzene rings is 2. The van der Waals surface area contributed by atoms with Crippen LogP contribution in [0.15, 0.2) is 74.9 Å². The number of anilines is 2. The zero-order valence-corrected chi connectivity index (χ0v) is 15.4. The van der Waals surface area contributed by atoms with Crippen LogP contribution in [0.1, 0.15) is 29.7 Å². The highest BCUT2D eigenvalue weighted by atomic mass is 14.6. The summed E-state index contributed by atoms with van der Waals surface area (Å²) >= 11 is 0. The van der Waals surface area contributed by atoms with Crippen LogP contribution in [0.4, 0.5) is 11.4 Å². The zero-order chi connectivity index (χ0) is 19.1. The van der Waals surface area contributed by atoms with E-state index in [0.29, 0.717) is 0 Å². The van der Waals surface area contributed by atoms with Gasteiger partial charge < -0.3 is 11.5 Å². The average Bonchev–Trinajstić information content (AvgIpc) is 2.62. The van der Waals surface area contributed by atoms with Crippen LogP contribution in [-0.2, 0) is 25.7 Å². The minimum atomic E-state index is 0. The van der Waals surface area contributed by atoms with E-state index in [0.717, 1.165) is 70.4 Å². The maximum absolute atomic E-state index is 6.34. The van der Waals surface area contributed by atoms with Crippen molar-refractivity contribution in [1.29, 1.82) is 0 Å². The SMILES string of the molecule is C.C=CCc1cc(-c2cc(CC=C)c(N)c(CC=C)c2)cc(CC=C)c1N. The second kappa shape index (κ2) is 10.2. The van der Waals surface area contributed by atoms with E-state index >= 15 is 0 Å². The van der Waals surface area contributed by atoms with Crippen molar-refractivity contribution in [2.75, 3.05) is 11.5 Å². The molecule has 0 amide bonds. The quantitative estimate of drug-likeness (QED) is 0.421. The largest absolute Gasteiger partial charge is 0.398 e. The van der Waals surface area contributed by atoms with E-state index in [9.17, 15) is 0 Å². The molecule has 27 heavy (non-hydrogen) atoms. The Balaban J connectivity index is 0.00000364. The van der Waals surface area contributed by atoms with Gasteiger partial charge in [-0.2, -0.15) is 0 Å². The second-order valence-corrected chi connectivity index (χ2v) is 6.39. The van der Waals surface area contributed by atoms with Gasteiger partial charge in [-0.1, -0.05) is 31.7 Å². The van der Waals surface area contributed by atoms with E-state index in [2.05, 4.69) is 50.6 Å². The minimum absolute atomic E-state index is 0. The highest BCUT2D eigenvalue weighted by molar-refractivity contribution is 5.75. The molecule has 0 bridgehead atoms. The highest BCUT2D eigenvalue weighted by Gasteiger charge is 2.12. The number of hydrogen-bond donors (Lipinski definition) is 2. The fraction of sp³-hybridized carbons (Fsp3) is 0.200. The standard InChI is InChI=1S/C24H28N2.CH4/c1-5-9-17-13-21(14-18(10-6-2)23(17)25)22-15-19(11-7-3)24(26)20(16-22)12-8-4;/h5-8,13-16H,1-4,9-12,25-26H2;1H4. The molecule has 0 fully saturated rings. The van der Waals surface area contributed by atoms with Crippen LogP contribution in [0.2, 0.25) is 0 Å². The molecule has 0 heterocycles. The Morgan fingerprint density at radius 2 is 0.778 bits per heavy atom. The smallest absolute Gasteiger partial charge is 0.0385 e. The van der Waals surface area contributed by atoms with Crippen molar-refractivity contribution in [2.24, 2.45) is 0 Å². The molecule has 4 N–H and O–H groups in total. The first-order valence-corrected chi connectivity index (χ1v) is 8.82. The molecular weight excluding hydrogens is 328 g/mol. The van der Waals surface area contributed by atoms with E-state index in [-0.39, 0.29) is 7.43 Å². The summed E-state index contributed by atoms with van der Waals surface area (Å²) in [7, 11) is 0. The number of nitrogens with two attached hydrogens (primary N) is 2. The fourth-order valence-corrected chi connectivity index (χ4v) is 3.19. The van der Waals surface area contributed by atoms with Gasteiger partial charge in [0.15, 0.2) is 0 Å². The number of nitrogen functional groups attached to an aromatic ring is 2. The molecule has 2 aromatic carbocycles. The van der Waals surface area contributed by atoms with Gasteiger partial charge in [0.25, 0.3) is 0 Å². The summed E-state index contributed by atoms with van der Waals surface area (Å²) in [4.78, 5) is 0. The van der Waals surface area contributed by atoms with E-state index in [1.165, 1.54) is 0 Å². The summed E-state index contributed by atoms with van der Waals surface area (Å²) in [6.07, 6.45) is 10.4. The van der Waals surface area contributed by atoms with Crippen molar-refractivity contribution in [2.45, 2.75) is 33.1 Å². The third kappa shape index (κ3) is 5.01. The van der Waals surface area contributed by atoms with Crippen molar-refractivity contribution in [1.82, 2.24) is 0 Å². The van der Waals surface area contributed by atoms with Crippen molar-refractivity contribution >= 4 is 11.4 Å². The van der Waals surface area contributed by atoms with Crippen molar-refractivity contribution in [3.8, 4) is 11.1 Å². The molecule has 142 valence electrons. The Morgan fingerprint density at radius 3 is 0.963 bits per heavy atom. The Kier molecular flexibility index (Phi) is 8.34. The molecule has 0 radical (unpaired) electrons. The van der Waals surface area contributed by atoms with Gasteiger partial charge >= 0.3 is 0 Å². The average molecular weight is 361 g/mol. The molecule has 2 nitrogen and oxygen atoms in total. The van der Waals surface area contributed by atoms with Crippen molar-refractivity contribution in [3.05, 3.63) is 97.1 Å². The normalized spacial score (nSPS) is 9.93. The lowest BCUT2D eigenvalue weighted by atomic mass is 9.91. The van der Waals surface area contributed by atoms with Crippen molar-refractivity contribution in [3.63, 3.8) is 0 Å². The van der Waals surface area contributed by atoms with Gasteiger partial charge in [-0.3, -0.25) is 0 Å². The Hall–Kier alpha value is -3.00. The summed E-state index contributed by atoms with van der Waals surface area (Å²) in [5.74, 6) is 0. The maximum Gasteiger partial charge on any atom is 0.0385 e. The Morgan fingerprint density at radius 1 is 0.556 bits per heavy atom. The van der Waals surface area contributed by atoms with E-state index < -0.39 is 0 Å². The number of hydrogen-bond acceptors (Lipinski definition) is 2. The summed E-state index contributed by atoms with van der Waals surface area (Å²) in [6.45, 7) is 15.4. The summed E-state index contributed by atoms with van der Waals surface area (Å²) in [6, 6.07) is 8.57. The molecule has 0 atom stereocenters. The van der Waals surface area contributed by atoms with Crippen LogP contribution in [0, 0.1) is 0 Å². The molecule has 2 aromatic rings. The lowest BCUT2D eigenvalue weighted by Crippen LogP contribution is -2.02. The molecule has 0 saturated heterocycles. The van der Waals surface area contributed by atoms with E-state index in [4.69, 9.17) is 11.5 Å².